The number of carbonyl (C=O) groups excluding carboxylic acids is 1. The number of H-pyrrole nitrogens is 1. The van der Waals surface area contributed by atoms with Crippen LogP contribution in [0, 0.1) is 0 Å². The van der Waals surface area contributed by atoms with Gasteiger partial charge in [-0.1, -0.05) is 23.2 Å². The second-order valence-corrected chi connectivity index (χ2v) is 6.41. The van der Waals surface area contributed by atoms with Crippen LogP contribution in [0.3, 0.4) is 0 Å². The van der Waals surface area contributed by atoms with Crippen molar-refractivity contribution in [3.05, 3.63) is 76.5 Å². The summed E-state index contributed by atoms with van der Waals surface area (Å²) in [5.41, 5.74) is 3.59. The summed E-state index contributed by atoms with van der Waals surface area (Å²) in [4.78, 5) is 24.0. The van der Waals surface area contributed by atoms with Gasteiger partial charge in [0.15, 0.2) is 0 Å². The van der Waals surface area contributed by atoms with E-state index in [1.807, 2.05) is 24.3 Å². The number of amides is 1. The standard InChI is InChI=1S/C19H12Cl2N4O/c20-12-5-8-15-16(10-12)25-18(24-15)11-3-6-13(7-4-11)23-19(26)14-2-1-9-22-17(14)21/h1-10H,(H,23,26)(H,24,25). The minimum Gasteiger partial charge on any atom is -0.338 e. The van der Waals surface area contributed by atoms with Crippen LogP contribution in [0.2, 0.25) is 10.2 Å². The molecule has 0 spiro atoms. The van der Waals surface area contributed by atoms with Gasteiger partial charge in [-0.25, -0.2) is 9.97 Å². The Morgan fingerprint density at radius 3 is 2.62 bits per heavy atom. The van der Waals surface area contributed by atoms with Gasteiger partial charge in [0.05, 0.1) is 16.6 Å². The Labute approximate surface area is 159 Å². The van der Waals surface area contributed by atoms with Gasteiger partial charge in [-0.3, -0.25) is 4.79 Å². The number of anilines is 1. The van der Waals surface area contributed by atoms with Crippen LogP contribution in [0.5, 0.6) is 0 Å². The zero-order chi connectivity index (χ0) is 18.1. The van der Waals surface area contributed by atoms with Crippen molar-refractivity contribution in [1.82, 2.24) is 15.0 Å². The molecule has 2 aromatic heterocycles. The molecular weight excluding hydrogens is 371 g/mol. The van der Waals surface area contributed by atoms with Crippen molar-refractivity contribution >= 4 is 45.8 Å². The van der Waals surface area contributed by atoms with Gasteiger partial charge in [0.1, 0.15) is 11.0 Å². The summed E-state index contributed by atoms with van der Waals surface area (Å²) in [5, 5.41) is 3.62. The third-order valence-corrected chi connectivity index (χ3v) is 4.40. The first-order valence-corrected chi connectivity index (χ1v) is 8.53. The van der Waals surface area contributed by atoms with Crippen molar-refractivity contribution in [3.63, 3.8) is 0 Å². The fourth-order valence-electron chi connectivity index (χ4n) is 2.58. The number of imidazole rings is 1. The molecular formula is C19H12Cl2N4O. The molecule has 4 rings (SSSR count). The quantitative estimate of drug-likeness (QED) is 0.479. The smallest absolute Gasteiger partial charge is 0.258 e. The van der Waals surface area contributed by atoms with Gasteiger partial charge in [0, 0.05) is 22.5 Å². The number of benzene rings is 2. The first-order valence-electron chi connectivity index (χ1n) is 7.78. The van der Waals surface area contributed by atoms with Crippen LogP contribution in [0.25, 0.3) is 22.4 Å². The summed E-state index contributed by atoms with van der Waals surface area (Å²) in [6.45, 7) is 0. The van der Waals surface area contributed by atoms with Crippen LogP contribution in [0.1, 0.15) is 10.4 Å². The number of pyridine rings is 1. The maximum atomic E-state index is 12.3. The lowest BCUT2D eigenvalue weighted by Crippen LogP contribution is -2.12. The molecule has 5 nitrogen and oxygen atoms in total. The van der Waals surface area contributed by atoms with E-state index in [0.29, 0.717) is 16.3 Å². The monoisotopic (exact) mass is 382 g/mol. The third kappa shape index (κ3) is 3.27. The molecule has 1 amide bonds. The number of nitrogens with zero attached hydrogens (tertiary/aromatic N) is 2. The second kappa shape index (κ2) is 6.78. The lowest BCUT2D eigenvalue weighted by molar-refractivity contribution is 0.102. The number of fused-ring (bicyclic) bond motifs is 1. The Hall–Kier alpha value is -2.89. The van der Waals surface area contributed by atoms with Crippen molar-refractivity contribution in [3.8, 4) is 11.4 Å². The summed E-state index contributed by atoms with van der Waals surface area (Å²) in [6.07, 6.45) is 1.54. The average molecular weight is 383 g/mol. The topological polar surface area (TPSA) is 70.7 Å². The Morgan fingerprint density at radius 2 is 1.85 bits per heavy atom. The fourth-order valence-corrected chi connectivity index (χ4v) is 2.96. The number of nitrogens with one attached hydrogen (secondary N) is 2. The molecule has 2 aromatic carbocycles. The van der Waals surface area contributed by atoms with Crippen molar-refractivity contribution in [2.45, 2.75) is 0 Å². The zero-order valence-corrected chi connectivity index (χ0v) is 14.8. The Morgan fingerprint density at radius 1 is 1.04 bits per heavy atom. The molecule has 0 atom stereocenters. The second-order valence-electron chi connectivity index (χ2n) is 5.62. The first-order chi connectivity index (χ1) is 12.6. The van der Waals surface area contributed by atoms with Gasteiger partial charge in [0.2, 0.25) is 0 Å². The number of halogens is 2. The highest BCUT2D eigenvalue weighted by molar-refractivity contribution is 6.33. The SMILES string of the molecule is O=C(Nc1ccc(-c2nc3ccc(Cl)cc3[nH]2)cc1)c1cccnc1Cl. The first kappa shape index (κ1) is 16.6. The maximum absolute atomic E-state index is 12.3. The van der Waals surface area contributed by atoms with Gasteiger partial charge in [0.25, 0.3) is 5.91 Å². The van der Waals surface area contributed by atoms with Crippen LogP contribution in [0.15, 0.2) is 60.8 Å². The number of hydrogen-bond acceptors (Lipinski definition) is 3. The molecule has 0 bridgehead atoms. The van der Waals surface area contributed by atoms with Crippen LogP contribution in [0.4, 0.5) is 5.69 Å². The van der Waals surface area contributed by atoms with E-state index in [9.17, 15) is 4.79 Å². The van der Waals surface area contributed by atoms with Crippen LogP contribution in [-0.4, -0.2) is 20.9 Å². The third-order valence-electron chi connectivity index (χ3n) is 3.86. The van der Waals surface area contributed by atoms with Crippen LogP contribution in [-0.2, 0) is 0 Å². The molecule has 0 saturated carbocycles. The van der Waals surface area contributed by atoms with Crippen molar-refractivity contribution < 1.29 is 4.79 Å². The Bertz CT molecular complexity index is 1110. The number of aromatic nitrogens is 3. The molecule has 26 heavy (non-hydrogen) atoms. The highest BCUT2D eigenvalue weighted by atomic mass is 35.5. The largest absolute Gasteiger partial charge is 0.338 e. The van der Waals surface area contributed by atoms with Gasteiger partial charge < -0.3 is 10.3 Å². The molecule has 2 heterocycles. The molecule has 0 unspecified atom stereocenters. The number of hydrogen-bond donors (Lipinski definition) is 2. The number of aromatic amines is 1. The van der Waals surface area contributed by atoms with Crippen LogP contribution >= 0.6 is 23.2 Å². The summed E-state index contributed by atoms with van der Waals surface area (Å²) < 4.78 is 0. The number of rotatable bonds is 3. The van der Waals surface area contributed by atoms with E-state index < -0.39 is 0 Å². The van der Waals surface area contributed by atoms with Gasteiger partial charge in [-0.15, -0.1) is 0 Å². The Kier molecular flexibility index (Phi) is 4.32. The minimum absolute atomic E-state index is 0.169. The fraction of sp³-hybridized carbons (Fsp3) is 0. The van der Waals surface area contributed by atoms with Gasteiger partial charge >= 0.3 is 0 Å². The molecule has 0 fully saturated rings. The Balaban J connectivity index is 1.56. The molecule has 0 aliphatic carbocycles. The maximum Gasteiger partial charge on any atom is 0.258 e. The summed E-state index contributed by atoms with van der Waals surface area (Å²) in [5.74, 6) is 0.421. The molecule has 0 aliphatic heterocycles. The van der Waals surface area contributed by atoms with Crippen molar-refractivity contribution in [2.75, 3.05) is 5.32 Å². The minimum atomic E-state index is -0.311. The van der Waals surface area contributed by atoms with Gasteiger partial charge in [-0.05, 0) is 54.6 Å². The summed E-state index contributed by atoms with van der Waals surface area (Å²) in [6, 6.07) is 16.1. The molecule has 0 radical (unpaired) electrons. The van der Waals surface area contributed by atoms with E-state index in [2.05, 4.69) is 20.3 Å². The molecule has 0 saturated heterocycles. The van der Waals surface area contributed by atoms with E-state index in [4.69, 9.17) is 23.2 Å². The molecule has 7 heteroatoms. The van der Waals surface area contributed by atoms with Crippen LogP contribution < -0.4 is 5.32 Å². The van der Waals surface area contributed by atoms with E-state index >= 15 is 0 Å². The summed E-state index contributed by atoms with van der Waals surface area (Å²) >= 11 is 11.9. The van der Waals surface area contributed by atoms with E-state index in [-0.39, 0.29) is 11.1 Å². The number of carbonyl (C=O) groups is 1. The molecule has 0 aliphatic rings. The lowest BCUT2D eigenvalue weighted by Gasteiger charge is -2.06. The van der Waals surface area contributed by atoms with Crippen molar-refractivity contribution in [2.24, 2.45) is 0 Å². The molecule has 4 aromatic rings. The van der Waals surface area contributed by atoms with Gasteiger partial charge in [-0.2, -0.15) is 0 Å². The normalized spacial score (nSPS) is 10.8. The van der Waals surface area contributed by atoms with E-state index in [1.54, 1.807) is 30.3 Å². The highest BCUT2D eigenvalue weighted by Crippen LogP contribution is 2.24. The predicted molar refractivity (Wildman–Crippen MR) is 104 cm³/mol. The molecule has 2 N–H and O–H groups in total. The summed E-state index contributed by atoms with van der Waals surface area (Å²) in [7, 11) is 0. The van der Waals surface area contributed by atoms with E-state index in [0.717, 1.165) is 22.4 Å². The zero-order valence-electron chi connectivity index (χ0n) is 13.3. The molecule has 128 valence electrons. The lowest BCUT2D eigenvalue weighted by atomic mass is 10.2. The average Bonchev–Trinajstić information content (AvgIpc) is 3.05. The highest BCUT2D eigenvalue weighted by Gasteiger charge is 2.11. The van der Waals surface area contributed by atoms with Crippen molar-refractivity contribution in [1.29, 1.82) is 0 Å². The predicted octanol–water partition coefficient (Wildman–Crippen LogP) is 5.18. The van der Waals surface area contributed by atoms with E-state index in [1.165, 1.54) is 6.20 Å².